The van der Waals surface area contributed by atoms with Gasteiger partial charge in [-0.15, -0.1) is 0 Å². The van der Waals surface area contributed by atoms with Crippen LogP contribution in [-0.4, -0.2) is 30.3 Å². The first kappa shape index (κ1) is 11.4. The van der Waals surface area contributed by atoms with E-state index in [2.05, 4.69) is 9.97 Å². The van der Waals surface area contributed by atoms with E-state index in [9.17, 15) is 14.7 Å². The predicted octanol–water partition coefficient (Wildman–Crippen LogP) is -1.61. The van der Waals surface area contributed by atoms with Crippen molar-refractivity contribution in [2.75, 3.05) is 5.73 Å². The fraction of sp³-hybridized carbons (Fsp3) is 0.444. The molecule has 8 heteroatoms. The Labute approximate surface area is 95.3 Å². The van der Waals surface area contributed by atoms with Gasteiger partial charge in [0.1, 0.15) is 0 Å². The topological polar surface area (TPSA) is 119 Å². The Hall–Kier alpha value is -2.09. The fourth-order valence-electron chi connectivity index (χ4n) is 1.70. The lowest BCUT2D eigenvalue weighted by Gasteiger charge is -2.07. The number of aromatic nitrogens is 4. The quantitative estimate of drug-likeness (QED) is 0.582. The van der Waals surface area contributed by atoms with Crippen LogP contribution in [0.4, 0.5) is 5.95 Å². The Bertz CT molecular complexity index is 678. The van der Waals surface area contributed by atoms with Crippen molar-refractivity contribution in [1.29, 1.82) is 0 Å². The summed E-state index contributed by atoms with van der Waals surface area (Å²) >= 11 is 0. The van der Waals surface area contributed by atoms with Crippen LogP contribution in [0.15, 0.2) is 9.59 Å². The molecule has 0 spiro atoms. The highest BCUT2D eigenvalue weighted by Crippen LogP contribution is 2.12. The van der Waals surface area contributed by atoms with Gasteiger partial charge in [0.25, 0.3) is 5.56 Å². The summed E-state index contributed by atoms with van der Waals surface area (Å²) in [7, 11) is 1.49. The maximum absolute atomic E-state index is 11.7. The van der Waals surface area contributed by atoms with E-state index in [-0.39, 0.29) is 23.7 Å². The Kier molecular flexibility index (Phi) is 2.50. The molecule has 0 aromatic carbocycles. The molecule has 8 nitrogen and oxygen atoms in total. The normalized spacial score (nSPS) is 13.1. The number of fused-ring (bicyclic) bond motifs is 1. The van der Waals surface area contributed by atoms with E-state index in [1.165, 1.54) is 16.2 Å². The monoisotopic (exact) mass is 239 g/mol. The van der Waals surface area contributed by atoms with Gasteiger partial charge >= 0.3 is 5.69 Å². The average molecular weight is 239 g/mol. The number of aliphatic hydroxyl groups is 1. The van der Waals surface area contributed by atoms with Crippen molar-refractivity contribution in [1.82, 2.24) is 19.1 Å². The van der Waals surface area contributed by atoms with Crippen molar-refractivity contribution in [3.05, 3.63) is 20.8 Å². The molecule has 0 aliphatic heterocycles. The second kappa shape index (κ2) is 3.74. The van der Waals surface area contributed by atoms with Gasteiger partial charge in [0.15, 0.2) is 11.2 Å². The number of hydrogen-bond donors (Lipinski definition) is 3. The lowest BCUT2D eigenvalue weighted by molar-refractivity contribution is 0.175. The zero-order chi connectivity index (χ0) is 12.7. The summed E-state index contributed by atoms with van der Waals surface area (Å²) in [6.07, 6.45) is -0.675. The van der Waals surface area contributed by atoms with Crippen LogP contribution in [0.3, 0.4) is 0 Å². The molecule has 0 saturated heterocycles. The molecule has 2 heterocycles. The van der Waals surface area contributed by atoms with Crippen LogP contribution in [0.1, 0.15) is 6.92 Å². The number of H-pyrrole nitrogens is 1. The van der Waals surface area contributed by atoms with Crippen LogP contribution in [0, 0.1) is 0 Å². The first-order valence-electron chi connectivity index (χ1n) is 5.05. The molecule has 0 aliphatic carbocycles. The summed E-state index contributed by atoms with van der Waals surface area (Å²) in [6.45, 7) is 1.71. The number of imidazole rings is 1. The number of nitrogen functional groups attached to an aromatic ring is 1. The SMILES string of the molecule is C[C@@H](O)Cn1c(N)nc2c1c(=O)[nH]c(=O)n2C. The summed E-state index contributed by atoms with van der Waals surface area (Å²) in [5.41, 5.74) is 4.94. The lowest BCUT2D eigenvalue weighted by Crippen LogP contribution is -2.29. The second-order valence-electron chi connectivity index (χ2n) is 3.92. The van der Waals surface area contributed by atoms with Crippen molar-refractivity contribution < 1.29 is 5.11 Å². The second-order valence-corrected chi connectivity index (χ2v) is 3.92. The molecule has 2 aromatic heterocycles. The van der Waals surface area contributed by atoms with E-state index in [4.69, 9.17) is 5.73 Å². The number of aromatic amines is 1. The van der Waals surface area contributed by atoms with Crippen molar-refractivity contribution >= 4 is 17.1 Å². The number of aryl methyl sites for hydroxylation is 1. The maximum Gasteiger partial charge on any atom is 0.329 e. The van der Waals surface area contributed by atoms with Gasteiger partial charge in [0.05, 0.1) is 12.6 Å². The van der Waals surface area contributed by atoms with Gasteiger partial charge in [-0.25, -0.2) is 4.79 Å². The van der Waals surface area contributed by atoms with E-state index in [1.54, 1.807) is 6.92 Å². The summed E-state index contributed by atoms with van der Waals surface area (Å²) in [5.74, 6) is 0.0904. The Morgan fingerprint density at radius 1 is 1.53 bits per heavy atom. The van der Waals surface area contributed by atoms with Crippen molar-refractivity contribution in [3.8, 4) is 0 Å². The Morgan fingerprint density at radius 3 is 2.76 bits per heavy atom. The highest BCUT2D eigenvalue weighted by molar-refractivity contribution is 5.73. The number of anilines is 1. The minimum Gasteiger partial charge on any atom is -0.392 e. The van der Waals surface area contributed by atoms with Gasteiger partial charge in [-0.2, -0.15) is 4.98 Å². The van der Waals surface area contributed by atoms with Crippen molar-refractivity contribution in [2.24, 2.45) is 7.05 Å². The van der Waals surface area contributed by atoms with E-state index < -0.39 is 17.4 Å². The predicted molar refractivity (Wildman–Crippen MR) is 61.7 cm³/mol. The summed E-state index contributed by atoms with van der Waals surface area (Å²) in [5, 5.41) is 9.34. The first-order valence-corrected chi connectivity index (χ1v) is 5.05. The summed E-state index contributed by atoms with van der Waals surface area (Å²) in [6, 6.07) is 0. The van der Waals surface area contributed by atoms with E-state index in [0.29, 0.717) is 0 Å². The van der Waals surface area contributed by atoms with Gasteiger partial charge in [-0.1, -0.05) is 0 Å². The summed E-state index contributed by atoms with van der Waals surface area (Å²) in [4.78, 5) is 29.2. The number of aliphatic hydroxyl groups excluding tert-OH is 1. The molecule has 17 heavy (non-hydrogen) atoms. The van der Waals surface area contributed by atoms with E-state index in [1.807, 2.05) is 0 Å². The number of nitrogens with two attached hydrogens (primary N) is 1. The minimum absolute atomic E-state index is 0.0904. The number of hydrogen-bond acceptors (Lipinski definition) is 5. The van der Waals surface area contributed by atoms with Crippen LogP contribution in [0.25, 0.3) is 11.2 Å². The molecule has 0 saturated carbocycles. The largest absolute Gasteiger partial charge is 0.392 e. The van der Waals surface area contributed by atoms with Crippen LogP contribution >= 0.6 is 0 Å². The van der Waals surface area contributed by atoms with Gasteiger partial charge in [-0.05, 0) is 6.92 Å². The molecule has 4 N–H and O–H groups in total. The molecule has 0 bridgehead atoms. The average Bonchev–Trinajstić information content (AvgIpc) is 2.53. The van der Waals surface area contributed by atoms with Gasteiger partial charge in [0, 0.05) is 7.05 Å². The molecule has 0 unspecified atom stereocenters. The molecule has 0 amide bonds. The zero-order valence-corrected chi connectivity index (χ0v) is 9.47. The molecule has 0 radical (unpaired) electrons. The molecule has 92 valence electrons. The van der Waals surface area contributed by atoms with Gasteiger partial charge < -0.3 is 15.4 Å². The molecule has 1 atom stereocenters. The maximum atomic E-state index is 11.7. The van der Waals surface area contributed by atoms with Crippen LogP contribution in [0.2, 0.25) is 0 Å². The standard InChI is InChI=1S/C9H13N5O3/c1-4(15)3-14-5-6(11-8(14)10)13(2)9(17)12-7(5)16/h4,15H,3H2,1-2H3,(H2,10,11)(H,12,16,17)/t4-/m1/s1. The third kappa shape index (κ3) is 1.72. The lowest BCUT2D eigenvalue weighted by atomic mass is 10.4. The fourth-order valence-corrected chi connectivity index (χ4v) is 1.70. The van der Waals surface area contributed by atoms with Crippen molar-refractivity contribution in [2.45, 2.75) is 19.6 Å². The van der Waals surface area contributed by atoms with Crippen molar-refractivity contribution in [3.63, 3.8) is 0 Å². The third-order valence-electron chi connectivity index (χ3n) is 2.48. The van der Waals surface area contributed by atoms with E-state index in [0.717, 1.165) is 0 Å². The Balaban J connectivity index is 2.87. The first-order chi connectivity index (χ1) is 7.91. The molecule has 0 aliphatic rings. The molecule has 2 aromatic rings. The molecular formula is C9H13N5O3. The third-order valence-corrected chi connectivity index (χ3v) is 2.48. The van der Waals surface area contributed by atoms with Crippen LogP contribution in [-0.2, 0) is 13.6 Å². The minimum atomic E-state index is -0.675. The smallest absolute Gasteiger partial charge is 0.329 e. The number of nitrogens with zero attached hydrogens (tertiary/aromatic N) is 3. The zero-order valence-electron chi connectivity index (χ0n) is 9.47. The summed E-state index contributed by atoms with van der Waals surface area (Å²) < 4.78 is 2.59. The van der Waals surface area contributed by atoms with Crippen LogP contribution in [0.5, 0.6) is 0 Å². The van der Waals surface area contributed by atoms with Crippen LogP contribution < -0.4 is 17.0 Å². The Morgan fingerprint density at radius 2 is 2.18 bits per heavy atom. The van der Waals surface area contributed by atoms with E-state index >= 15 is 0 Å². The molecular weight excluding hydrogens is 226 g/mol. The highest BCUT2D eigenvalue weighted by Gasteiger charge is 2.16. The molecule has 2 rings (SSSR count). The van der Waals surface area contributed by atoms with Gasteiger partial charge in [-0.3, -0.25) is 14.3 Å². The number of nitrogens with one attached hydrogen (secondary N) is 1. The number of rotatable bonds is 2. The van der Waals surface area contributed by atoms with Gasteiger partial charge in [0.2, 0.25) is 5.95 Å². The highest BCUT2D eigenvalue weighted by atomic mass is 16.3. The molecule has 0 fully saturated rings.